The van der Waals surface area contributed by atoms with Crippen molar-refractivity contribution in [2.45, 2.75) is 13.1 Å². The number of hydrogen-bond donors (Lipinski definition) is 0. The van der Waals surface area contributed by atoms with Crippen LogP contribution in [0.1, 0.15) is 18.4 Å². The van der Waals surface area contributed by atoms with Gasteiger partial charge in [0.25, 0.3) is 0 Å². The van der Waals surface area contributed by atoms with Crippen LogP contribution in [0.25, 0.3) is 16.7 Å². The largest absolute Gasteiger partial charge is 0.503 e. The SMILES string of the molecule is CO/C=C/N=C\C=C(/C)c1nc2cc(C(F)(F)F)c(Cl)cc2o1. The van der Waals surface area contributed by atoms with E-state index in [0.29, 0.717) is 5.57 Å². The van der Waals surface area contributed by atoms with E-state index < -0.39 is 16.8 Å². The molecule has 0 unspecified atom stereocenters. The van der Waals surface area contributed by atoms with Crippen LogP contribution in [0.4, 0.5) is 13.2 Å². The molecular weight excluding hydrogens is 333 g/mol. The molecule has 0 radical (unpaired) electrons. The van der Waals surface area contributed by atoms with E-state index in [1.165, 1.54) is 25.8 Å². The van der Waals surface area contributed by atoms with Gasteiger partial charge in [0.05, 0.1) is 23.9 Å². The first-order valence-corrected chi connectivity index (χ1v) is 6.76. The van der Waals surface area contributed by atoms with Crippen molar-refractivity contribution in [2.24, 2.45) is 4.99 Å². The second kappa shape index (κ2) is 6.87. The summed E-state index contributed by atoms with van der Waals surface area (Å²) in [7, 11) is 1.49. The highest BCUT2D eigenvalue weighted by Gasteiger charge is 2.34. The summed E-state index contributed by atoms with van der Waals surface area (Å²) in [6.07, 6.45) is 1.37. The number of oxazole rings is 1. The van der Waals surface area contributed by atoms with Crippen molar-refractivity contribution in [3.63, 3.8) is 0 Å². The van der Waals surface area contributed by atoms with Crippen LogP contribution in [0.2, 0.25) is 5.02 Å². The second-order valence-electron chi connectivity index (χ2n) is 4.49. The molecule has 0 saturated carbocycles. The average molecular weight is 345 g/mol. The first-order chi connectivity index (χ1) is 10.8. The molecule has 4 nitrogen and oxygen atoms in total. The van der Waals surface area contributed by atoms with Crippen LogP contribution >= 0.6 is 11.6 Å². The van der Waals surface area contributed by atoms with Gasteiger partial charge >= 0.3 is 6.18 Å². The Balaban J connectivity index is 2.35. The minimum Gasteiger partial charge on any atom is -0.503 e. The molecule has 2 aromatic rings. The van der Waals surface area contributed by atoms with E-state index in [1.54, 1.807) is 13.0 Å². The lowest BCUT2D eigenvalue weighted by Crippen LogP contribution is -2.05. The van der Waals surface area contributed by atoms with Gasteiger partial charge in [-0.2, -0.15) is 13.2 Å². The molecule has 0 atom stereocenters. The van der Waals surface area contributed by atoms with Gasteiger partial charge in [-0.05, 0) is 19.1 Å². The lowest BCUT2D eigenvalue weighted by atomic mass is 10.2. The number of benzene rings is 1. The van der Waals surface area contributed by atoms with Crippen molar-refractivity contribution >= 4 is 34.5 Å². The summed E-state index contributed by atoms with van der Waals surface area (Å²) in [6, 6.07) is 1.98. The molecule has 0 fully saturated rings. The third kappa shape index (κ3) is 4.13. The van der Waals surface area contributed by atoms with Gasteiger partial charge in [-0.1, -0.05) is 11.6 Å². The molecular formula is C15H12ClF3N2O2. The number of aliphatic imine (C=N–C) groups is 1. The molecule has 0 aliphatic heterocycles. The van der Waals surface area contributed by atoms with Gasteiger partial charge in [0.15, 0.2) is 5.58 Å². The number of halogens is 4. The van der Waals surface area contributed by atoms with E-state index in [9.17, 15) is 13.2 Å². The smallest absolute Gasteiger partial charge is 0.417 e. The molecule has 0 spiro atoms. The zero-order valence-electron chi connectivity index (χ0n) is 12.2. The third-order valence-corrected chi connectivity index (χ3v) is 3.13. The molecule has 1 heterocycles. The summed E-state index contributed by atoms with van der Waals surface area (Å²) in [5, 5.41) is -0.430. The molecule has 0 N–H and O–H groups in total. The number of ether oxygens (including phenoxy) is 1. The number of alkyl halides is 3. The Kier molecular flexibility index (Phi) is 5.10. The topological polar surface area (TPSA) is 47.6 Å². The van der Waals surface area contributed by atoms with Crippen molar-refractivity contribution < 1.29 is 22.3 Å². The zero-order chi connectivity index (χ0) is 17.0. The average Bonchev–Trinajstić information content (AvgIpc) is 2.87. The molecule has 0 saturated heterocycles. The van der Waals surface area contributed by atoms with Crippen molar-refractivity contribution in [3.05, 3.63) is 47.1 Å². The number of hydrogen-bond acceptors (Lipinski definition) is 4. The number of aromatic nitrogens is 1. The highest BCUT2D eigenvalue weighted by molar-refractivity contribution is 6.32. The maximum atomic E-state index is 12.8. The molecule has 0 aliphatic carbocycles. The molecule has 122 valence electrons. The normalized spacial score (nSPS) is 13.6. The Bertz CT molecular complexity index is 792. The maximum absolute atomic E-state index is 12.8. The lowest BCUT2D eigenvalue weighted by molar-refractivity contribution is -0.137. The fourth-order valence-corrected chi connectivity index (χ4v) is 1.97. The standard InChI is InChI=1S/C15H12ClF3N2O2/c1-9(3-4-20-5-6-22-2)14-21-12-7-10(15(17,18)19)11(16)8-13(12)23-14/h3-8H,1-2H3/b6-5+,9-3+,20-4-. The van der Waals surface area contributed by atoms with E-state index in [2.05, 4.69) is 14.7 Å². The van der Waals surface area contributed by atoms with Crippen LogP contribution in [0.3, 0.4) is 0 Å². The van der Waals surface area contributed by atoms with Crippen molar-refractivity contribution in [3.8, 4) is 0 Å². The number of methoxy groups -OCH3 is 1. The summed E-state index contributed by atoms with van der Waals surface area (Å²) in [4.78, 5) is 7.94. The summed E-state index contributed by atoms with van der Waals surface area (Å²) in [6.45, 7) is 1.70. The number of fused-ring (bicyclic) bond motifs is 1. The quantitative estimate of drug-likeness (QED) is 0.573. The Morgan fingerprint density at radius 1 is 1.39 bits per heavy atom. The first kappa shape index (κ1) is 17.1. The predicted molar refractivity (Wildman–Crippen MR) is 82.3 cm³/mol. The molecule has 23 heavy (non-hydrogen) atoms. The van der Waals surface area contributed by atoms with Gasteiger partial charge in [-0.15, -0.1) is 0 Å². The highest BCUT2D eigenvalue weighted by atomic mass is 35.5. The van der Waals surface area contributed by atoms with E-state index in [-0.39, 0.29) is 17.0 Å². The zero-order valence-corrected chi connectivity index (χ0v) is 12.9. The third-order valence-electron chi connectivity index (χ3n) is 2.81. The number of rotatable bonds is 4. The van der Waals surface area contributed by atoms with Gasteiger partial charge < -0.3 is 9.15 Å². The Morgan fingerprint density at radius 3 is 2.78 bits per heavy atom. The summed E-state index contributed by atoms with van der Waals surface area (Å²) < 4.78 is 48.6. The number of allylic oxidation sites excluding steroid dienone is 2. The fraction of sp³-hybridized carbons (Fsp3) is 0.200. The fourth-order valence-electron chi connectivity index (χ4n) is 1.71. The van der Waals surface area contributed by atoms with Crippen LogP contribution in [-0.2, 0) is 10.9 Å². The Morgan fingerprint density at radius 2 is 2.13 bits per heavy atom. The monoisotopic (exact) mass is 344 g/mol. The lowest BCUT2D eigenvalue weighted by Gasteiger charge is -2.07. The predicted octanol–water partition coefficient (Wildman–Crippen LogP) is 5.09. The van der Waals surface area contributed by atoms with Crippen LogP contribution in [0.5, 0.6) is 0 Å². The van der Waals surface area contributed by atoms with Crippen LogP contribution in [-0.4, -0.2) is 18.3 Å². The van der Waals surface area contributed by atoms with Crippen LogP contribution in [0, 0.1) is 0 Å². The summed E-state index contributed by atoms with van der Waals surface area (Å²) >= 11 is 5.65. The highest BCUT2D eigenvalue weighted by Crippen LogP contribution is 2.37. The molecule has 0 bridgehead atoms. The van der Waals surface area contributed by atoms with Crippen molar-refractivity contribution in [2.75, 3.05) is 7.11 Å². The Labute approximate surface area is 134 Å². The van der Waals surface area contributed by atoms with Crippen LogP contribution in [0.15, 0.2) is 40.1 Å². The van der Waals surface area contributed by atoms with E-state index >= 15 is 0 Å². The summed E-state index contributed by atoms with van der Waals surface area (Å²) in [5.41, 5.74) is -0.0810. The maximum Gasteiger partial charge on any atom is 0.417 e. The van der Waals surface area contributed by atoms with Crippen LogP contribution < -0.4 is 0 Å². The molecule has 0 aliphatic rings. The van der Waals surface area contributed by atoms with E-state index in [4.69, 9.17) is 16.0 Å². The van der Waals surface area contributed by atoms with Gasteiger partial charge in [0.2, 0.25) is 5.89 Å². The van der Waals surface area contributed by atoms with Crippen molar-refractivity contribution in [1.29, 1.82) is 0 Å². The van der Waals surface area contributed by atoms with Gasteiger partial charge in [-0.3, -0.25) is 4.99 Å². The molecule has 2 rings (SSSR count). The summed E-state index contributed by atoms with van der Waals surface area (Å²) in [5.74, 6) is 0.192. The molecule has 8 heteroatoms. The molecule has 0 amide bonds. The van der Waals surface area contributed by atoms with E-state index in [1.807, 2.05) is 0 Å². The van der Waals surface area contributed by atoms with Gasteiger partial charge in [-0.25, -0.2) is 4.98 Å². The molecule has 1 aromatic heterocycles. The Hall–Kier alpha value is -2.28. The second-order valence-corrected chi connectivity index (χ2v) is 4.89. The number of nitrogens with zero attached hydrogens (tertiary/aromatic N) is 2. The van der Waals surface area contributed by atoms with Gasteiger partial charge in [0, 0.05) is 17.9 Å². The van der Waals surface area contributed by atoms with Gasteiger partial charge in [0.1, 0.15) is 11.8 Å². The molecule has 1 aromatic carbocycles. The van der Waals surface area contributed by atoms with Crippen molar-refractivity contribution in [1.82, 2.24) is 4.98 Å². The van der Waals surface area contributed by atoms with E-state index in [0.717, 1.165) is 12.1 Å². The first-order valence-electron chi connectivity index (χ1n) is 6.38. The minimum absolute atomic E-state index is 0.0840. The minimum atomic E-state index is -4.55.